The van der Waals surface area contributed by atoms with Gasteiger partial charge in [-0.2, -0.15) is 0 Å². The number of rotatable bonds is 4. The number of ether oxygens (including phenoxy) is 1. The Labute approximate surface area is 116 Å². The van der Waals surface area contributed by atoms with Crippen LogP contribution in [0.2, 0.25) is 0 Å². The maximum atomic E-state index is 12.2. The van der Waals surface area contributed by atoms with Crippen LogP contribution in [0.4, 0.5) is 0 Å². The second kappa shape index (κ2) is 7.25. The van der Waals surface area contributed by atoms with E-state index in [-0.39, 0.29) is 5.92 Å². The maximum absolute atomic E-state index is 12.2. The van der Waals surface area contributed by atoms with Crippen LogP contribution in [0.1, 0.15) is 46.0 Å². The van der Waals surface area contributed by atoms with Crippen LogP contribution in [0, 0.1) is 5.92 Å². The van der Waals surface area contributed by atoms with Gasteiger partial charge < -0.3 is 15.0 Å². The molecule has 4 nitrogen and oxygen atoms in total. The number of amides is 1. The minimum atomic E-state index is 0.115. The van der Waals surface area contributed by atoms with E-state index in [1.54, 1.807) is 0 Å². The van der Waals surface area contributed by atoms with E-state index >= 15 is 0 Å². The molecule has 110 valence electrons. The first-order chi connectivity index (χ1) is 9.18. The largest absolute Gasteiger partial charge is 0.381 e. The number of carbonyl (C=O) groups is 1. The Morgan fingerprint density at radius 3 is 2.68 bits per heavy atom. The van der Waals surface area contributed by atoms with Gasteiger partial charge in [0.1, 0.15) is 0 Å². The number of nitrogens with one attached hydrogen (secondary N) is 1. The summed E-state index contributed by atoms with van der Waals surface area (Å²) >= 11 is 0. The Morgan fingerprint density at radius 2 is 2.00 bits per heavy atom. The summed E-state index contributed by atoms with van der Waals surface area (Å²) in [6.07, 6.45) is 5.76. The van der Waals surface area contributed by atoms with Crippen molar-refractivity contribution in [3.05, 3.63) is 0 Å². The van der Waals surface area contributed by atoms with Crippen LogP contribution in [-0.2, 0) is 9.53 Å². The van der Waals surface area contributed by atoms with Crippen molar-refractivity contribution in [3.63, 3.8) is 0 Å². The average molecular weight is 268 g/mol. The normalized spacial score (nSPS) is 25.8. The van der Waals surface area contributed by atoms with E-state index in [1.165, 1.54) is 6.42 Å². The lowest BCUT2D eigenvalue weighted by molar-refractivity contribution is -0.138. The Balaban J connectivity index is 1.83. The molecule has 1 atom stereocenters. The standard InChI is InChI=1S/C15H28N2O2/c1-12(2)15(18)17-8-4-3-5-14(17)11-16-13-6-9-19-10-7-13/h12-14,16H,3-11H2,1-2H3. The third kappa shape index (κ3) is 4.18. The van der Waals surface area contributed by atoms with Crippen LogP contribution >= 0.6 is 0 Å². The van der Waals surface area contributed by atoms with Crippen LogP contribution in [0.25, 0.3) is 0 Å². The van der Waals surface area contributed by atoms with Gasteiger partial charge in [0.25, 0.3) is 0 Å². The minimum Gasteiger partial charge on any atom is -0.381 e. The molecule has 1 unspecified atom stereocenters. The Kier molecular flexibility index (Phi) is 5.64. The summed E-state index contributed by atoms with van der Waals surface area (Å²) in [7, 11) is 0. The molecule has 0 saturated carbocycles. The zero-order valence-electron chi connectivity index (χ0n) is 12.4. The second-order valence-electron chi connectivity index (χ2n) is 6.13. The Bertz CT molecular complexity index is 288. The van der Waals surface area contributed by atoms with Gasteiger partial charge >= 0.3 is 0 Å². The first-order valence-corrected chi connectivity index (χ1v) is 7.80. The molecule has 2 rings (SSSR count). The predicted octanol–water partition coefficient (Wildman–Crippen LogP) is 1.79. The van der Waals surface area contributed by atoms with Crippen molar-refractivity contribution in [1.82, 2.24) is 10.2 Å². The third-order valence-corrected chi connectivity index (χ3v) is 4.27. The second-order valence-corrected chi connectivity index (χ2v) is 6.13. The van der Waals surface area contributed by atoms with Crippen molar-refractivity contribution in [2.45, 2.75) is 58.0 Å². The molecule has 2 heterocycles. The van der Waals surface area contributed by atoms with Gasteiger partial charge in [-0.3, -0.25) is 4.79 Å². The van der Waals surface area contributed by atoms with Gasteiger partial charge in [0, 0.05) is 44.3 Å². The molecule has 0 aromatic heterocycles. The summed E-state index contributed by atoms with van der Waals surface area (Å²) in [4.78, 5) is 14.3. The highest BCUT2D eigenvalue weighted by molar-refractivity contribution is 5.78. The summed E-state index contributed by atoms with van der Waals surface area (Å²) < 4.78 is 5.38. The monoisotopic (exact) mass is 268 g/mol. The van der Waals surface area contributed by atoms with Gasteiger partial charge in [0.2, 0.25) is 5.91 Å². The summed E-state index contributed by atoms with van der Waals surface area (Å²) in [6, 6.07) is 0.971. The lowest BCUT2D eigenvalue weighted by atomic mass is 9.99. The maximum Gasteiger partial charge on any atom is 0.225 e. The lowest BCUT2D eigenvalue weighted by Gasteiger charge is -2.38. The van der Waals surface area contributed by atoms with Gasteiger partial charge in [-0.15, -0.1) is 0 Å². The van der Waals surface area contributed by atoms with Crippen molar-refractivity contribution in [2.75, 3.05) is 26.3 Å². The van der Waals surface area contributed by atoms with Crippen molar-refractivity contribution in [2.24, 2.45) is 5.92 Å². The highest BCUT2D eigenvalue weighted by Crippen LogP contribution is 2.19. The first-order valence-electron chi connectivity index (χ1n) is 7.80. The topological polar surface area (TPSA) is 41.6 Å². The van der Waals surface area contributed by atoms with Crippen molar-refractivity contribution in [3.8, 4) is 0 Å². The molecule has 0 bridgehead atoms. The summed E-state index contributed by atoms with van der Waals surface area (Å²) in [5.74, 6) is 0.433. The van der Waals surface area contributed by atoms with Crippen LogP contribution in [0.3, 0.4) is 0 Å². The van der Waals surface area contributed by atoms with E-state index in [2.05, 4.69) is 10.2 Å². The summed E-state index contributed by atoms with van der Waals surface area (Å²) in [6.45, 7) is 7.63. The zero-order valence-corrected chi connectivity index (χ0v) is 12.4. The number of piperidine rings is 1. The molecule has 19 heavy (non-hydrogen) atoms. The highest BCUT2D eigenvalue weighted by atomic mass is 16.5. The SMILES string of the molecule is CC(C)C(=O)N1CCCCC1CNC1CCOCC1. The van der Waals surface area contributed by atoms with E-state index in [1.807, 2.05) is 13.8 Å². The van der Waals surface area contributed by atoms with E-state index in [0.717, 1.165) is 52.0 Å². The number of hydrogen-bond acceptors (Lipinski definition) is 3. The molecule has 2 aliphatic rings. The molecule has 1 amide bonds. The molecule has 0 aromatic rings. The average Bonchev–Trinajstić information content (AvgIpc) is 2.45. The zero-order chi connectivity index (χ0) is 13.7. The number of likely N-dealkylation sites (tertiary alicyclic amines) is 1. The van der Waals surface area contributed by atoms with E-state index in [9.17, 15) is 4.79 Å². The fourth-order valence-corrected chi connectivity index (χ4v) is 3.04. The fraction of sp³-hybridized carbons (Fsp3) is 0.933. The Morgan fingerprint density at radius 1 is 1.26 bits per heavy atom. The molecule has 1 N–H and O–H groups in total. The molecule has 0 aliphatic carbocycles. The van der Waals surface area contributed by atoms with Crippen LogP contribution < -0.4 is 5.32 Å². The molecular formula is C15H28N2O2. The molecule has 2 fully saturated rings. The van der Waals surface area contributed by atoms with Gasteiger partial charge in [-0.1, -0.05) is 13.8 Å². The number of nitrogens with zero attached hydrogens (tertiary/aromatic N) is 1. The summed E-state index contributed by atoms with van der Waals surface area (Å²) in [5.41, 5.74) is 0. The first kappa shape index (κ1) is 14.8. The van der Waals surface area contributed by atoms with Gasteiger partial charge in [0.15, 0.2) is 0 Å². The minimum absolute atomic E-state index is 0.115. The predicted molar refractivity (Wildman–Crippen MR) is 76.0 cm³/mol. The fourth-order valence-electron chi connectivity index (χ4n) is 3.04. The Hall–Kier alpha value is -0.610. The highest BCUT2D eigenvalue weighted by Gasteiger charge is 2.28. The van der Waals surface area contributed by atoms with E-state index in [4.69, 9.17) is 4.74 Å². The third-order valence-electron chi connectivity index (χ3n) is 4.27. The molecule has 2 saturated heterocycles. The van der Waals surface area contributed by atoms with E-state index in [0.29, 0.717) is 18.0 Å². The molecule has 2 aliphatic heterocycles. The summed E-state index contributed by atoms with van der Waals surface area (Å²) in [5, 5.41) is 3.64. The van der Waals surface area contributed by atoms with Crippen molar-refractivity contribution in [1.29, 1.82) is 0 Å². The molecule has 0 radical (unpaired) electrons. The quantitative estimate of drug-likeness (QED) is 0.845. The van der Waals surface area contributed by atoms with Gasteiger partial charge in [-0.05, 0) is 32.1 Å². The van der Waals surface area contributed by atoms with Crippen molar-refractivity contribution < 1.29 is 9.53 Å². The van der Waals surface area contributed by atoms with Gasteiger partial charge in [-0.25, -0.2) is 0 Å². The van der Waals surface area contributed by atoms with Crippen LogP contribution in [0.5, 0.6) is 0 Å². The van der Waals surface area contributed by atoms with Crippen LogP contribution in [-0.4, -0.2) is 49.2 Å². The molecular weight excluding hydrogens is 240 g/mol. The number of carbonyl (C=O) groups excluding carboxylic acids is 1. The lowest BCUT2D eigenvalue weighted by Crippen LogP contribution is -2.51. The number of hydrogen-bond donors (Lipinski definition) is 1. The molecule has 0 aromatic carbocycles. The smallest absolute Gasteiger partial charge is 0.225 e. The molecule has 4 heteroatoms. The van der Waals surface area contributed by atoms with Crippen LogP contribution in [0.15, 0.2) is 0 Å². The van der Waals surface area contributed by atoms with E-state index < -0.39 is 0 Å². The molecule has 0 spiro atoms. The van der Waals surface area contributed by atoms with Gasteiger partial charge in [0.05, 0.1) is 0 Å². The van der Waals surface area contributed by atoms with Crippen molar-refractivity contribution >= 4 is 5.91 Å².